The van der Waals surface area contributed by atoms with Crippen molar-refractivity contribution in [3.63, 3.8) is 0 Å². The largest absolute Gasteiger partial charge is 0.493 e. The lowest BCUT2D eigenvalue weighted by molar-refractivity contribution is -0.124. The van der Waals surface area contributed by atoms with E-state index >= 15 is 0 Å². The molecule has 1 N–H and O–H groups in total. The molecule has 0 radical (unpaired) electrons. The molecule has 0 spiro atoms. The monoisotopic (exact) mass is 487 g/mol. The van der Waals surface area contributed by atoms with E-state index in [2.05, 4.69) is 5.32 Å². The molecular weight excluding hydrogens is 461 g/mol. The molecule has 0 bridgehead atoms. The average molecular weight is 488 g/mol. The number of carbonyl (C=O) groups excluding carboxylic acids is 3. The lowest BCUT2D eigenvalue weighted by Gasteiger charge is -2.22. The van der Waals surface area contributed by atoms with E-state index in [1.165, 1.54) is 26.4 Å². The van der Waals surface area contributed by atoms with Crippen LogP contribution in [0.2, 0.25) is 0 Å². The first-order chi connectivity index (χ1) is 16.4. The number of nitrogens with one attached hydrogen (secondary N) is 1. The first kappa shape index (κ1) is 25.1. The fraction of sp³-hybridized carbons (Fsp3) is 0.292. The second-order valence-corrected chi connectivity index (χ2v) is 8.28. The summed E-state index contributed by atoms with van der Waals surface area (Å²) in [6, 6.07) is 11.1. The van der Waals surface area contributed by atoms with Gasteiger partial charge in [-0.15, -0.1) is 0 Å². The number of ether oxygens (including phenoxy) is 2. The van der Waals surface area contributed by atoms with E-state index in [0.29, 0.717) is 23.6 Å². The number of halogens is 1. The molecular formula is C24H26FN3O5S. The summed E-state index contributed by atoms with van der Waals surface area (Å²) in [5.41, 5.74) is 1.42. The van der Waals surface area contributed by atoms with Gasteiger partial charge in [-0.2, -0.15) is 0 Å². The zero-order valence-corrected chi connectivity index (χ0v) is 20.0. The van der Waals surface area contributed by atoms with Crippen LogP contribution >= 0.6 is 11.8 Å². The van der Waals surface area contributed by atoms with Gasteiger partial charge in [0.2, 0.25) is 5.91 Å². The fourth-order valence-electron chi connectivity index (χ4n) is 3.36. The van der Waals surface area contributed by atoms with Crippen molar-refractivity contribution in [2.45, 2.75) is 6.92 Å². The maximum Gasteiger partial charge on any atom is 0.293 e. The van der Waals surface area contributed by atoms with Crippen LogP contribution in [0.5, 0.6) is 11.5 Å². The molecule has 34 heavy (non-hydrogen) atoms. The van der Waals surface area contributed by atoms with Gasteiger partial charge in [0.25, 0.3) is 11.1 Å². The number of hydrogen-bond donors (Lipinski definition) is 1. The quantitative estimate of drug-likeness (QED) is 0.513. The molecule has 3 rings (SSSR count). The normalized spacial score (nSPS) is 14.5. The van der Waals surface area contributed by atoms with Crippen LogP contribution in [0, 0.1) is 5.82 Å². The molecule has 2 aromatic rings. The van der Waals surface area contributed by atoms with Crippen LogP contribution in [0.15, 0.2) is 47.4 Å². The van der Waals surface area contributed by atoms with Gasteiger partial charge in [-0.3, -0.25) is 19.3 Å². The molecule has 2 aromatic carbocycles. The van der Waals surface area contributed by atoms with Gasteiger partial charge in [0.1, 0.15) is 5.82 Å². The minimum atomic E-state index is -0.416. The highest BCUT2D eigenvalue weighted by molar-refractivity contribution is 8.18. The Hall–Kier alpha value is -3.53. The van der Waals surface area contributed by atoms with Crippen molar-refractivity contribution in [3.8, 4) is 11.5 Å². The molecule has 1 aliphatic rings. The van der Waals surface area contributed by atoms with Crippen molar-refractivity contribution in [2.75, 3.05) is 45.3 Å². The summed E-state index contributed by atoms with van der Waals surface area (Å²) in [5.74, 6) is 0.0469. The summed E-state index contributed by atoms with van der Waals surface area (Å²) < 4.78 is 23.6. The average Bonchev–Trinajstić information content (AvgIpc) is 3.10. The SMILES string of the molecule is CCN(CC(=O)NCCN1C(=O)SC(=Cc2ccc(OC)c(OC)c2)C1=O)c1ccc(F)cc1. The van der Waals surface area contributed by atoms with Gasteiger partial charge in [-0.25, -0.2) is 4.39 Å². The smallest absolute Gasteiger partial charge is 0.293 e. The van der Waals surface area contributed by atoms with Gasteiger partial charge in [0.15, 0.2) is 11.5 Å². The number of carbonyl (C=O) groups is 3. The van der Waals surface area contributed by atoms with Crippen LogP contribution in [0.3, 0.4) is 0 Å². The lowest BCUT2D eigenvalue weighted by Crippen LogP contribution is -2.41. The van der Waals surface area contributed by atoms with Crippen molar-refractivity contribution in [3.05, 3.63) is 58.8 Å². The summed E-state index contributed by atoms with van der Waals surface area (Å²) in [4.78, 5) is 40.6. The number of imide groups is 1. The highest BCUT2D eigenvalue weighted by Gasteiger charge is 2.34. The lowest BCUT2D eigenvalue weighted by atomic mass is 10.2. The molecule has 0 unspecified atom stereocenters. The number of amides is 3. The summed E-state index contributed by atoms with van der Waals surface area (Å²) in [7, 11) is 3.05. The van der Waals surface area contributed by atoms with Crippen molar-refractivity contribution >= 4 is 40.6 Å². The molecule has 0 aliphatic carbocycles. The first-order valence-corrected chi connectivity index (χ1v) is 11.4. The second kappa shape index (κ2) is 11.6. The van der Waals surface area contributed by atoms with Crippen LogP contribution in [0.4, 0.5) is 14.9 Å². The Labute approximate surface area is 201 Å². The predicted octanol–water partition coefficient (Wildman–Crippen LogP) is 3.52. The van der Waals surface area contributed by atoms with Gasteiger partial charge < -0.3 is 19.7 Å². The van der Waals surface area contributed by atoms with E-state index in [4.69, 9.17) is 9.47 Å². The molecule has 0 saturated carbocycles. The fourth-order valence-corrected chi connectivity index (χ4v) is 4.23. The molecule has 1 saturated heterocycles. The Balaban J connectivity index is 1.55. The van der Waals surface area contributed by atoms with E-state index in [1.807, 2.05) is 6.92 Å². The topological polar surface area (TPSA) is 88.2 Å². The number of anilines is 1. The molecule has 10 heteroatoms. The summed E-state index contributed by atoms with van der Waals surface area (Å²) in [5, 5.41) is 2.33. The third kappa shape index (κ3) is 6.07. The van der Waals surface area contributed by atoms with E-state index in [1.54, 1.807) is 41.3 Å². The van der Waals surface area contributed by atoms with Crippen molar-refractivity contribution in [1.29, 1.82) is 0 Å². The van der Waals surface area contributed by atoms with Gasteiger partial charge >= 0.3 is 0 Å². The molecule has 3 amide bonds. The Morgan fingerprint density at radius 3 is 2.47 bits per heavy atom. The summed E-state index contributed by atoms with van der Waals surface area (Å²) >= 11 is 0.846. The highest BCUT2D eigenvalue weighted by Crippen LogP contribution is 2.34. The van der Waals surface area contributed by atoms with Crippen molar-refractivity contribution < 1.29 is 28.2 Å². The number of benzene rings is 2. The minimum Gasteiger partial charge on any atom is -0.493 e. The van der Waals surface area contributed by atoms with Gasteiger partial charge in [-0.05, 0) is 66.7 Å². The van der Waals surface area contributed by atoms with Crippen molar-refractivity contribution in [1.82, 2.24) is 10.2 Å². The van der Waals surface area contributed by atoms with E-state index < -0.39 is 11.1 Å². The zero-order valence-electron chi connectivity index (χ0n) is 19.2. The standard InChI is InChI=1S/C24H26FN3O5S/c1-4-27(18-8-6-17(25)7-9-18)15-22(29)26-11-12-28-23(30)21(34-24(28)31)14-16-5-10-19(32-2)20(13-16)33-3/h5-10,13-14H,4,11-12,15H2,1-3H3,(H,26,29). The van der Waals surface area contributed by atoms with Crippen LogP contribution in [0.1, 0.15) is 12.5 Å². The number of thioether (sulfide) groups is 1. The number of likely N-dealkylation sites (N-methyl/N-ethyl adjacent to an activating group) is 1. The number of nitrogens with zero attached hydrogens (tertiary/aromatic N) is 2. The molecule has 0 atom stereocenters. The Morgan fingerprint density at radius 2 is 1.82 bits per heavy atom. The molecule has 1 heterocycles. The van der Waals surface area contributed by atoms with E-state index in [9.17, 15) is 18.8 Å². The van der Waals surface area contributed by atoms with Gasteiger partial charge in [-0.1, -0.05) is 6.07 Å². The van der Waals surface area contributed by atoms with Crippen molar-refractivity contribution in [2.24, 2.45) is 0 Å². The molecule has 1 fully saturated rings. The Kier molecular flexibility index (Phi) is 8.53. The van der Waals surface area contributed by atoms with Gasteiger partial charge in [0.05, 0.1) is 25.7 Å². The minimum absolute atomic E-state index is 0.0579. The molecule has 8 nitrogen and oxygen atoms in total. The van der Waals surface area contributed by atoms with Gasteiger partial charge in [0, 0.05) is 25.3 Å². The second-order valence-electron chi connectivity index (χ2n) is 7.29. The number of methoxy groups -OCH3 is 2. The predicted molar refractivity (Wildman–Crippen MR) is 130 cm³/mol. The number of hydrogen-bond acceptors (Lipinski definition) is 7. The van der Waals surface area contributed by atoms with Crippen LogP contribution < -0.4 is 19.7 Å². The van der Waals surface area contributed by atoms with Crippen LogP contribution in [-0.4, -0.2) is 62.4 Å². The zero-order chi connectivity index (χ0) is 24.7. The molecule has 0 aromatic heterocycles. The summed E-state index contributed by atoms with van der Waals surface area (Å²) in [6.45, 7) is 2.71. The maximum atomic E-state index is 13.1. The molecule has 1 aliphatic heterocycles. The maximum absolute atomic E-state index is 13.1. The van der Waals surface area contributed by atoms with Crippen LogP contribution in [0.25, 0.3) is 6.08 Å². The number of rotatable bonds is 10. The third-order valence-corrected chi connectivity index (χ3v) is 6.05. The Bertz CT molecular complexity index is 1090. The molecule has 180 valence electrons. The summed E-state index contributed by atoms with van der Waals surface area (Å²) in [6.07, 6.45) is 1.62. The third-order valence-electron chi connectivity index (χ3n) is 5.14. The van der Waals surface area contributed by atoms with E-state index in [-0.39, 0.29) is 36.3 Å². The Morgan fingerprint density at radius 1 is 1.12 bits per heavy atom. The van der Waals surface area contributed by atoms with Crippen LogP contribution in [-0.2, 0) is 9.59 Å². The van der Waals surface area contributed by atoms with E-state index in [0.717, 1.165) is 22.3 Å². The first-order valence-electron chi connectivity index (χ1n) is 10.6. The highest BCUT2D eigenvalue weighted by atomic mass is 32.2.